The summed E-state index contributed by atoms with van der Waals surface area (Å²) >= 11 is 5.87. The van der Waals surface area contributed by atoms with Crippen LogP contribution in [0, 0.1) is 6.92 Å². The second-order valence-electron chi connectivity index (χ2n) is 5.10. The van der Waals surface area contributed by atoms with Crippen LogP contribution in [0.1, 0.15) is 5.69 Å². The molecule has 0 unspecified atom stereocenters. The molecule has 0 aliphatic rings. The molecular formula is C17H15ClN4O2. The van der Waals surface area contributed by atoms with Crippen LogP contribution in [-0.4, -0.2) is 16.9 Å². The van der Waals surface area contributed by atoms with E-state index in [0.29, 0.717) is 22.1 Å². The van der Waals surface area contributed by atoms with Gasteiger partial charge in [0.25, 0.3) is 5.56 Å². The van der Waals surface area contributed by atoms with Gasteiger partial charge in [-0.15, -0.1) is 5.11 Å². The van der Waals surface area contributed by atoms with E-state index >= 15 is 0 Å². The summed E-state index contributed by atoms with van der Waals surface area (Å²) < 4.78 is 6.50. The SMILES string of the molecule is COc1ccc(N=Nc2c(C)[nH]n(-c3ccc(Cl)cc3)c2=O)cc1. The van der Waals surface area contributed by atoms with E-state index in [9.17, 15) is 4.79 Å². The van der Waals surface area contributed by atoms with Crippen LogP contribution in [0.2, 0.25) is 5.02 Å². The zero-order valence-electron chi connectivity index (χ0n) is 13.2. The number of aromatic amines is 1. The molecule has 0 amide bonds. The van der Waals surface area contributed by atoms with E-state index < -0.39 is 0 Å². The Hall–Kier alpha value is -2.86. The third-order valence-electron chi connectivity index (χ3n) is 3.46. The van der Waals surface area contributed by atoms with Gasteiger partial charge in [0.2, 0.25) is 0 Å². The fourth-order valence-corrected chi connectivity index (χ4v) is 2.31. The van der Waals surface area contributed by atoms with Crippen molar-refractivity contribution in [3.63, 3.8) is 0 Å². The zero-order chi connectivity index (χ0) is 17.1. The predicted octanol–water partition coefficient (Wildman–Crippen LogP) is 4.55. The molecule has 1 aromatic heterocycles. The molecule has 2 aromatic carbocycles. The third kappa shape index (κ3) is 3.23. The molecule has 6 nitrogen and oxygen atoms in total. The van der Waals surface area contributed by atoms with Crippen LogP contribution in [0.4, 0.5) is 11.4 Å². The minimum absolute atomic E-state index is 0.265. The Kier molecular flexibility index (Phi) is 4.48. The second kappa shape index (κ2) is 6.72. The van der Waals surface area contributed by atoms with Crippen LogP contribution < -0.4 is 10.3 Å². The number of azo groups is 1. The molecule has 0 aliphatic carbocycles. The first-order valence-electron chi connectivity index (χ1n) is 7.22. The van der Waals surface area contributed by atoms with Crippen molar-refractivity contribution in [2.24, 2.45) is 10.2 Å². The number of nitrogens with zero attached hydrogens (tertiary/aromatic N) is 3. The fraction of sp³-hybridized carbons (Fsp3) is 0.118. The van der Waals surface area contributed by atoms with E-state index in [1.54, 1.807) is 62.6 Å². The number of H-pyrrole nitrogens is 1. The lowest BCUT2D eigenvalue weighted by molar-refractivity contribution is 0.415. The Bertz CT molecular complexity index is 925. The van der Waals surface area contributed by atoms with Crippen molar-refractivity contribution in [2.45, 2.75) is 6.92 Å². The maximum absolute atomic E-state index is 12.5. The number of aromatic nitrogens is 2. The van der Waals surface area contributed by atoms with E-state index in [1.807, 2.05) is 0 Å². The molecule has 1 heterocycles. The Morgan fingerprint density at radius 3 is 2.33 bits per heavy atom. The standard InChI is InChI=1S/C17H15ClN4O2/c1-11-16(20-19-13-5-9-15(24-2)10-6-13)17(23)22(21-11)14-7-3-12(18)4-8-14/h3-10,21H,1-2H3. The fourth-order valence-electron chi connectivity index (χ4n) is 2.18. The molecule has 3 rings (SSSR count). The molecule has 3 aromatic rings. The smallest absolute Gasteiger partial charge is 0.299 e. The van der Waals surface area contributed by atoms with Gasteiger partial charge in [-0.1, -0.05) is 11.6 Å². The highest BCUT2D eigenvalue weighted by Gasteiger charge is 2.12. The van der Waals surface area contributed by atoms with Gasteiger partial charge in [-0.3, -0.25) is 9.89 Å². The summed E-state index contributed by atoms with van der Waals surface area (Å²) in [6, 6.07) is 14.0. The predicted molar refractivity (Wildman–Crippen MR) is 93.3 cm³/mol. The van der Waals surface area contributed by atoms with Gasteiger partial charge < -0.3 is 4.74 Å². The average molecular weight is 343 g/mol. The molecule has 0 radical (unpaired) electrons. The highest BCUT2D eigenvalue weighted by Crippen LogP contribution is 2.21. The van der Waals surface area contributed by atoms with Crippen molar-refractivity contribution >= 4 is 23.0 Å². The lowest BCUT2D eigenvalue weighted by atomic mass is 10.3. The van der Waals surface area contributed by atoms with Gasteiger partial charge in [-0.25, -0.2) is 4.68 Å². The Morgan fingerprint density at radius 1 is 1.04 bits per heavy atom. The topological polar surface area (TPSA) is 71.7 Å². The van der Waals surface area contributed by atoms with Gasteiger partial charge in [0.1, 0.15) is 5.75 Å². The quantitative estimate of drug-likeness (QED) is 0.706. The van der Waals surface area contributed by atoms with E-state index in [2.05, 4.69) is 15.3 Å². The Morgan fingerprint density at radius 2 is 1.71 bits per heavy atom. The van der Waals surface area contributed by atoms with E-state index in [0.717, 1.165) is 5.75 Å². The highest BCUT2D eigenvalue weighted by molar-refractivity contribution is 6.30. The summed E-state index contributed by atoms with van der Waals surface area (Å²) in [5.74, 6) is 0.733. The average Bonchev–Trinajstić information content (AvgIpc) is 2.88. The number of rotatable bonds is 4. The van der Waals surface area contributed by atoms with Crippen LogP contribution in [0.5, 0.6) is 5.75 Å². The van der Waals surface area contributed by atoms with Crippen LogP contribution in [0.15, 0.2) is 63.6 Å². The van der Waals surface area contributed by atoms with Crippen LogP contribution in [0.3, 0.4) is 0 Å². The van der Waals surface area contributed by atoms with E-state index in [1.165, 1.54) is 4.68 Å². The Balaban J connectivity index is 1.92. The summed E-state index contributed by atoms with van der Waals surface area (Å²) in [6.07, 6.45) is 0. The Labute approximate surface area is 143 Å². The number of ether oxygens (including phenoxy) is 1. The first-order valence-corrected chi connectivity index (χ1v) is 7.59. The summed E-state index contributed by atoms with van der Waals surface area (Å²) in [7, 11) is 1.60. The van der Waals surface area contributed by atoms with Gasteiger partial charge in [-0.05, 0) is 55.5 Å². The summed E-state index contributed by atoms with van der Waals surface area (Å²) in [6.45, 7) is 1.77. The minimum atomic E-state index is -0.271. The third-order valence-corrected chi connectivity index (χ3v) is 3.72. The summed E-state index contributed by atoms with van der Waals surface area (Å²) in [4.78, 5) is 12.5. The van der Waals surface area contributed by atoms with Gasteiger partial charge in [0.15, 0.2) is 5.69 Å². The number of methoxy groups -OCH3 is 1. The molecule has 7 heteroatoms. The van der Waals surface area contributed by atoms with Crippen molar-refractivity contribution in [3.8, 4) is 11.4 Å². The van der Waals surface area contributed by atoms with E-state index in [4.69, 9.17) is 16.3 Å². The van der Waals surface area contributed by atoms with Crippen molar-refractivity contribution in [1.82, 2.24) is 9.78 Å². The molecule has 0 spiro atoms. The van der Waals surface area contributed by atoms with Crippen LogP contribution >= 0.6 is 11.6 Å². The molecular weight excluding hydrogens is 328 g/mol. The molecule has 0 fully saturated rings. The molecule has 0 bridgehead atoms. The van der Waals surface area contributed by atoms with Crippen molar-refractivity contribution in [3.05, 3.63) is 69.6 Å². The maximum atomic E-state index is 12.5. The normalized spacial score (nSPS) is 11.1. The van der Waals surface area contributed by atoms with Crippen LogP contribution in [0.25, 0.3) is 5.69 Å². The molecule has 0 atom stereocenters. The highest BCUT2D eigenvalue weighted by atomic mass is 35.5. The van der Waals surface area contributed by atoms with Gasteiger partial charge in [0.05, 0.1) is 24.2 Å². The van der Waals surface area contributed by atoms with Gasteiger partial charge in [0, 0.05) is 5.02 Å². The van der Waals surface area contributed by atoms with Crippen molar-refractivity contribution in [2.75, 3.05) is 7.11 Å². The largest absolute Gasteiger partial charge is 0.497 e. The molecule has 0 saturated heterocycles. The number of hydrogen-bond acceptors (Lipinski definition) is 4. The van der Waals surface area contributed by atoms with Crippen molar-refractivity contribution < 1.29 is 4.74 Å². The lowest BCUT2D eigenvalue weighted by Gasteiger charge is -2.00. The summed E-state index contributed by atoms with van der Waals surface area (Å²) in [5.41, 5.74) is 1.94. The zero-order valence-corrected chi connectivity index (χ0v) is 13.9. The minimum Gasteiger partial charge on any atom is -0.497 e. The number of nitrogens with one attached hydrogen (secondary N) is 1. The van der Waals surface area contributed by atoms with Gasteiger partial charge >= 0.3 is 0 Å². The van der Waals surface area contributed by atoms with Crippen LogP contribution in [-0.2, 0) is 0 Å². The second-order valence-corrected chi connectivity index (χ2v) is 5.54. The maximum Gasteiger partial charge on any atom is 0.299 e. The molecule has 0 saturated carbocycles. The van der Waals surface area contributed by atoms with E-state index in [-0.39, 0.29) is 11.2 Å². The molecule has 122 valence electrons. The molecule has 0 aliphatic heterocycles. The number of halogens is 1. The summed E-state index contributed by atoms with van der Waals surface area (Å²) in [5, 5.41) is 11.8. The molecule has 24 heavy (non-hydrogen) atoms. The molecule has 1 N–H and O–H groups in total. The lowest BCUT2D eigenvalue weighted by Crippen LogP contribution is -2.13. The van der Waals surface area contributed by atoms with Gasteiger partial charge in [-0.2, -0.15) is 5.11 Å². The first kappa shape index (κ1) is 16.0. The number of aryl methyl sites for hydroxylation is 1. The number of benzene rings is 2. The number of hydrogen-bond donors (Lipinski definition) is 1. The first-order chi connectivity index (χ1) is 11.6. The van der Waals surface area contributed by atoms with Crippen molar-refractivity contribution in [1.29, 1.82) is 0 Å². The monoisotopic (exact) mass is 342 g/mol.